The highest BCUT2D eigenvalue weighted by atomic mass is 79.9. The van der Waals surface area contributed by atoms with E-state index in [0.717, 1.165) is 14.5 Å². The Kier molecular flexibility index (Phi) is 6.11. The lowest BCUT2D eigenvalue weighted by atomic mass is 10.2. The van der Waals surface area contributed by atoms with Gasteiger partial charge >= 0.3 is 0 Å². The van der Waals surface area contributed by atoms with Crippen molar-refractivity contribution >= 4 is 60.3 Å². The minimum absolute atomic E-state index is 0.162. The molecule has 0 radical (unpaired) electrons. The summed E-state index contributed by atoms with van der Waals surface area (Å²) in [6.07, 6.45) is 1.65. The molecule has 134 valence electrons. The van der Waals surface area contributed by atoms with E-state index in [1.165, 1.54) is 10.9 Å². The smallest absolute Gasteiger partial charge is 0.261 e. The zero-order valence-corrected chi connectivity index (χ0v) is 17.4. The van der Waals surface area contributed by atoms with Gasteiger partial charge in [-0.15, -0.1) is 0 Å². The molecule has 0 unspecified atom stereocenters. The Balaban J connectivity index is 1.63. The van der Waals surface area contributed by atoms with Crippen LogP contribution in [0.25, 0.3) is 10.9 Å². The van der Waals surface area contributed by atoms with E-state index in [4.69, 9.17) is 11.6 Å². The summed E-state index contributed by atoms with van der Waals surface area (Å²) in [6.45, 7) is 0.594. The molecule has 8 heteroatoms. The summed E-state index contributed by atoms with van der Waals surface area (Å²) in [7, 11) is 0. The Labute approximate surface area is 171 Å². The van der Waals surface area contributed by atoms with Gasteiger partial charge in [0.2, 0.25) is 5.91 Å². The maximum atomic E-state index is 12.5. The standard InChI is InChI=1S/C18H14Br2ClN3O2/c19-12-3-4-16-14(7-12)18(26)24(10-23-16)6-5-17(25)22-9-11-1-2-13(20)8-15(11)21/h1-4,7-8,10H,5-6,9H2,(H,22,25). The van der Waals surface area contributed by atoms with Crippen molar-refractivity contribution in [2.75, 3.05) is 0 Å². The predicted octanol–water partition coefficient (Wildman–Crippen LogP) is 4.28. The number of benzene rings is 2. The van der Waals surface area contributed by atoms with Crippen LogP contribution in [-0.2, 0) is 17.9 Å². The van der Waals surface area contributed by atoms with Gasteiger partial charge in [-0.05, 0) is 35.9 Å². The molecule has 0 aliphatic heterocycles. The molecule has 26 heavy (non-hydrogen) atoms. The van der Waals surface area contributed by atoms with E-state index in [2.05, 4.69) is 42.2 Å². The average molecular weight is 500 g/mol. The van der Waals surface area contributed by atoms with Crippen molar-refractivity contribution in [3.8, 4) is 0 Å². The second-order valence-corrected chi connectivity index (χ2v) is 7.91. The minimum atomic E-state index is -0.167. The Bertz CT molecular complexity index is 1040. The first-order valence-electron chi connectivity index (χ1n) is 7.79. The molecule has 1 amide bonds. The monoisotopic (exact) mass is 497 g/mol. The van der Waals surface area contributed by atoms with Crippen LogP contribution in [0.3, 0.4) is 0 Å². The van der Waals surface area contributed by atoms with Crippen molar-refractivity contribution in [1.82, 2.24) is 14.9 Å². The number of hydrogen-bond acceptors (Lipinski definition) is 3. The molecule has 0 atom stereocenters. The molecule has 3 rings (SSSR count). The van der Waals surface area contributed by atoms with E-state index in [0.29, 0.717) is 22.5 Å². The number of nitrogens with one attached hydrogen (secondary N) is 1. The molecule has 1 N–H and O–H groups in total. The normalized spacial score (nSPS) is 10.9. The van der Waals surface area contributed by atoms with Gasteiger partial charge in [0.25, 0.3) is 5.56 Å². The molecule has 3 aromatic rings. The molecule has 0 bridgehead atoms. The second kappa shape index (κ2) is 8.33. The molecular weight excluding hydrogens is 485 g/mol. The third-order valence-corrected chi connectivity index (χ3v) is 5.20. The number of aryl methyl sites for hydroxylation is 1. The van der Waals surface area contributed by atoms with Crippen LogP contribution in [-0.4, -0.2) is 15.5 Å². The first-order chi connectivity index (χ1) is 12.4. The van der Waals surface area contributed by atoms with Crippen LogP contribution in [0, 0.1) is 0 Å². The van der Waals surface area contributed by atoms with E-state index in [-0.39, 0.29) is 24.4 Å². The Morgan fingerprint density at radius 3 is 2.65 bits per heavy atom. The average Bonchev–Trinajstić information content (AvgIpc) is 2.61. The predicted molar refractivity (Wildman–Crippen MR) is 109 cm³/mol. The molecule has 0 saturated carbocycles. The van der Waals surface area contributed by atoms with Gasteiger partial charge < -0.3 is 5.32 Å². The van der Waals surface area contributed by atoms with Gasteiger partial charge in [0.05, 0.1) is 17.2 Å². The summed E-state index contributed by atoms with van der Waals surface area (Å²) in [4.78, 5) is 28.9. The fourth-order valence-electron chi connectivity index (χ4n) is 2.46. The SMILES string of the molecule is O=C(CCn1cnc2ccc(Br)cc2c1=O)NCc1ccc(Br)cc1Cl. The lowest BCUT2D eigenvalue weighted by molar-refractivity contribution is -0.121. The van der Waals surface area contributed by atoms with Crippen LogP contribution in [0.15, 0.2) is 56.5 Å². The quantitative estimate of drug-likeness (QED) is 0.570. The van der Waals surface area contributed by atoms with E-state index >= 15 is 0 Å². The topological polar surface area (TPSA) is 64.0 Å². The van der Waals surface area contributed by atoms with Crippen molar-refractivity contribution in [2.45, 2.75) is 19.5 Å². The fourth-order valence-corrected chi connectivity index (χ4v) is 3.56. The molecule has 0 aliphatic rings. The highest BCUT2D eigenvalue weighted by Crippen LogP contribution is 2.21. The van der Waals surface area contributed by atoms with Crippen LogP contribution in [0.5, 0.6) is 0 Å². The second-order valence-electron chi connectivity index (χ2n) is 5.67. The first-order valence-corrected chi connectivity index (χ1v) is 9.76. The summed E-state index contributed by atoms with van der Waals surface area (Å²) in [5.74, 6) is -0.162. The molecule has 0 saturated heterocycles. The number of rotatable bonds is 5. The third-order valence-electron chi connectivity index (χ3n) is 3.86. The van der Waals surface area contributed by atoms with E-state index < -0.39 is 0 Å². The van der Waals surface area contributed by atoms with Crippen molar-refractivity contribution in [3.63, 3.8) is 0 Å². The van der Waals surface area contributed by atoms with E-state index in [9.17, 15) is 9.59 Å². The zero-order chi connectivity index (χ0) is 18.7. The largest absolute Gasteiger partial charge is 0.352 e. The van der Waals surface area contributed by atoms with Crippen LogP contribution in [0.4, 0.5) is 0 Å². The van der Waals surface area contributed by atoms with Crippen LogP contribution < -0.4 is 10.9 Å². The molecule has 5 nitrogen and oxygen atoms in total. The number of halogens is 3. The Morgan fingerprint density at radius 2 is 1.88 bits per heavy atom. The summed E-state index contributed by atoms with van der Waals surface area (Å²) >= 11 is 12.8. The first kappa shape index (κ1) is 19.1. The zero-order valence-electron chi connectivity index (χ0n) is 13.5. The molecule has 0 spiro atoms. The van der Waals surface area contributed by atoms with Crippen molar-refractivity contribution in [1.29, 1.82) is 0 Å². The van der Waals surface area contributed by atoms with Gasteiger partial charge in [-0.1, -0.05) is 49.5 Å². The number of nitrogens with zero attached hydrogens (tertiary/aromatic N) is 2. The Morgan fingerprint density at radius 1 is 1.15 bits per heavy atom. The van der Waals surface area contributed by atoms with Gasteiger partial charge in [-0.3, -0.25) is 14.2 Å². The lowest BCUT2D eigenvalue weighted by Gasteiger charge is -2.09. The molecule has 1 heterocycles. The minimum Gasteiger partial charge on any atom is -0.352 e. The van der Waals surface area contributed by atoms with E-state index in [1.807, 2.05) is 18.2 Å². The number of amides is 1. The summed E-state index contributed by atoms with van der Waals surface area (Å²) in [5.41, 5.74) is 1.29. The number of carbonyl (C=O) groups excluding carboxylic acids is 1. The third kappa shape index (κ3) is 4.52. The van der Waals surface area contributed by atoms with Crippen LogP contribution in [0.2, 0.25) is 5.02 Å². The number of carbonyl (C=O) groups is 1. The molecule has 0 fully saturated rings. The van der Waals surface area contributed by atoms with Crippen molar-refractivity contribution < 1.29 is 4.79 Å². The number of fused-ring (bicyclic) bond motifs is 1. The highest BCUT2D eigenvalue weighted by molar-refractivity contribution is 9.10. The maximum absolute atomic E-state index is 12.5. The molecule has 0 aliphatic carbocycles. The molecule has 1 aromatic heterocycles. The summed E-state index contributed by atoms with van der Waals surface area (Å²) in [6, 6.07) is 10.8. The lowest BCUT2D eigenvalue weighted by Crippen LogP contribution is -2.27. The number of hydrogen-bond donors (Lipinski definition) is 1. The number of aromatic nitrogens is 2. The van der Waals surface area contributed by atoms with Crippen LogP contribution >= 0.6 is 43.5 Å². The summed E-state index contributed by atoms with van der Waals surface area (Å²) in [5, 5.41) is 3.91. The van der Waals surface area contributed by atoms with Crippen LogP contribution in [0.1, 0.15) is 12.0 Å². The summed E-state index contributed by atoms with van der Waals surface area (Å²) < 4.78 is 3.14. The highest BCUT2D eigenvalue weighted by Gasteiger charge is 2.08. The molecular formula is C18H14Br2ClN3O2. The molecule has 2 aromatic carbocycles. The van der Waals surface area contributed by atoms with E-state index in [1.54, 1.807) is 18.2 Å². The fraction of sp³-hybridized carbons (Fsp3) is 0.167. The van der Waals surface area contributed by atoms with Crippen molar-refractivity contribution in [3.05, 3.63) is 72.6 Å². The Hall–Kier alpha value is -1.70. The maximum Gasteiger partial charge on any atom is 0.261 e. The van der Waals surface area contributed by atoms with Gasteiger partial charge in [-0.2, -0.15) is 0 Å². The van der Waals surface area contributed by atoms with Gasteiger partial charge in [0.15, 0.2) is 0 Å². The van der Waals surface area contributed by atoms with Gasteiger partial charge in [0.1, 0.15) is 0 Å². The van der Waals surface area contributed by atoms with Gasteiger partial charge in [0, 0.05) is 33.5 Å². The van der Waals surface area contributed by atoms with Crippen molar-refractivity contribution in [2.24, 2.45) is 0 Å². The van der Waals surface area contributed by atoms with Gasteiger partial charge in [-0.25, -0.2) is 4.98 Å².